The Kier molecular flexibility index (Phi) is 18.8. The molecule has 0 radical (unpaired) electrons. The summed E-state index contributed by atoms with van der Waals surface area (Å²) in [6, 6.07) is 2.37. The van der Waals surface area contributed by atoms with Crippen molar-refractivity contribution in [3.05, 3.63) is 30.9 Å². The van der Waals surface area contributed by atoms with Crippen LogP contribution >= 0.6 is 0 Å². The minimum Gasteiger partial charge on any atom is -0.480 e. The molecule has 9 nitrogen and oxygen atoms in total. The Labute approximate surface area is 281 Å². The molecule has 1 aromatic heterocycles. The summed E-state index contributed by atoms with van der Waals surface area (Å²) < 4.78 is 46.0. The van der Waals surface area contributed by atoms with Gasteiger partial charge in [-0.3, -0.25) is 28.9 Å². The zero-order chi connectivity index (χ0) is 27.6. The number of hydrogen-bond acceptors (Lipinski definition) is 5. The summed E-state index contributed by atoms with van der Waals surface area (Å²) in [6.45, 7) is 6.82. The Hall–Kier alpha value is -1.10. The topological polar surface area (TPSA) is 108 Å². The van der Waals surface area contributed by atoms with E-state index in [9.17, 15) is 23.2 Å². The maximum atomic E-state index is 15.0. The molecule has 1 aromatic carbocycles. The number of carboxylic acid groups (broad SMARTS) is 1. The Bertz CT molecular complexity index is 1050. The summed E-state index contributed by atoms with van der Waals surface area (Å²) >= 11 is 0. The number of piperidine rings is 1. The number of fused-ring (bicyclic) bond motifs is 1. The molecule has 1 saturated heterocycles. The van der Waals surface area contributed by atoms with Crippen LogP contribution in [0.15, 0.2) is 12.1 Å². The van der Waals surface area contributed by atoms with E-state index in [-0.39, 0.29) is 125 Å². The van der Waals surface area contributed by atoms with Crippen molar-refractivity contribution in [3.8, 4) is 0 Å². The second-order valence-electron chi connectivity index (χ2n) is 7.77. The van der Waals surface area contributed by atoms with Crippen LogP contribution < -0.4 is 79.1 Å². The Balaban J connectivity index is 0. The van der Waals surface area contributed by atoms with Crippen molar-refractivity contribution < 1.29 is 102 Å². The first kappa shape index (κ1) is 39.0. The molecule has 3 rings (SSSR count). The van der Waals surface area contributed by atoms with Crippen molar-refractivity contribution >= 4 is 35.0 Å². The van der Waals surface area contributed by atoms with E-state index in [1.165, 1.54) is 17.8 Å². The van der Waals surface area contributed by atoms with E-state index in [4.69, 9.17) is 5.11 Å². The summed E-state index contributed by atoms with van der Waals surface area (Å²) in [4.78, 5) is 36.2. The van der Waals surface area contributed by atoms with Crippen LogP contribution in [0.2, 0.25) is 0 Å². The number of nitrogens with one attached hydrogen (secondary N) is 1. The van der Waals surface area contributed by atoms with Gasteiger partial charge >= 0.3 is 74.9 Å². The maximum Gasteiger partial charge on any atom is 1.00 e. The number of nitrogens with zero attached hydrogens (tertiary/aromatic N) is 4. The normalized spacial score (nSPS) is 15.9. The van der Waals surface area contributed by atoms with Crippen LogP contribution in [0.4, 0.5) is 19.0 Å². The van der Waals surface area contributed by atoms with Crippen molar-refractivity contribution in [3.63, 3.8) is 0 Å². The van der Waals surface area contributed by atoms with E-state index in [0.717, 1.165) is 15.9 Å². The molecule has 2 aromatic rings. The zero-order valence-electron chi connectivity index (χ0n) is 23.6. The molecule has 0 bridgehead atoms. The van der Waals surface area contributed by atoms with Gasteiger partial charge in [-0.1, -0.05) is 27.7 Å². The van der Waals surface area contributed by atoms with Crippen molar-refractivity contribution in [2.24, 2.45) is 7.05 Å². The van der Waals surface area contributed by atoms with Crippen LogP contribution in [0.3, 0.4) is 0 Å². The van der Waals surface area contributed by atoms with E-state index in [1.807, 2.05) is 27.7 Å². The van der Waals surface area contributed by atoms with Crippen LogP contribution in [-0.4, -0.2) is 77.2 Å². The van der Waals surface area contributed by atoms with Crippen LogP contribution in [0.25, 0.3) is 10.9 Å². The summed E-state index contributed by atoms with van der Waals surface area (Å²) in [5.74, 6) is -6.99. The van der Waals surface area contributed by atoms with E-state index in [0.29, 0.717) is 11.9 Å². The number of carbonyl (C=O) groups excluding carboxylic acids is 2. The smallest absolute Gasteiger partial charge is 0.480 e. The largest absolute Gasteiger partial charge is 1.00 e. The molecule has 1 atom stereocenters. The molecular formula is C25H39CsF3N5O4. The third-order valence-electron chi connectivity index (χ3n) is 5.62. The number of benzene rings is 1. The molecule has 2 heterocycles. The number of aromatic nitrogens is 2. The van der Waals surface area contributed by atoms with Crippen LogP contribution in [0.5, 0.6) is 0 Å². The number of likely N-dealkylation sites (tertiary alicyclic amines) is 1. The molecule has 2 amide bonds. The third kappa shape index (κ3) is 9.82. The van der Waals surface area contributed by atoms with Gasteiger partial charge in [-0.15, -0.1) is 0 Å². The number of anilines is 1. The number of carboxylic acids is 1. The first-order valence-electron chi connectivity index (χ1n) is 12.0. The van der Waals surface area contributed by atoms with Crippen LogP contribution in [0, 0.1) is 13.2 Å². The van der Waals surface area contributed by atoms with E-state index in [2.05, 4.69) is 10.4 Å². The predicted molar refractivity (Wildman–Crippen MR) is 138 cm³/mol. The number of rotatable bonds is 8. The van der Waals surface area contributed by atoms with Gasteiger partial charge in [-0.25, -0.2) is 13.2 Å². The van der Waals surface area contributed by atoms with Crippen molar-refractivity contribution in [1.29, 1.82) is 0 Å². The fraction of sp³-hybridized carbons (Fsp3) is 0.560. The van der Waals surface area contributed by atoms with E-state index in [1.54, 1.807) is 7.05 Å². The molecular weight excluding hydrogens is 624 g/mol. The average molecular weight is 664 g/mol. The summed E-state index contributed by atoms with van der Waals surface area (Å²) in [5.41, 5.74) is 0.169. The summed E-state index contributed by atoms with van der Waals surface area (Å²) in [7, 11) is 3.01. The monoisotopic (exact) mass is 663 g/mol. The Morgan fingerprint density at radius 3 is 2.37 bits per heavy atom. The first-order chi connectivity index (χ1) is 17.1. The molecule has 0 saturated carbocycles. The number of hydrogen-bond donors (Lipinski definition) is 2. The third-order valence-corrected chi connectivity index (χ3v) is 5.62. The molecule has 1 unspecified atom stereocenters. The van der Waals surface area contributed by atoms with Crippen LogP contribution in [0.1, 0.15) is 52.0 Å². The minimum atomic E-state index is -3.33. The van der Waals surface area contributed by atoms with Gasteiger partial charge in [0.1, 0.15) is 5.82 Å². The molecule has 1 fully saturated rings. The quantitative estimate of drug-likeness (QED) is 0.320. The predicted octanol–water partition coefficient (Wildman–Crippen LogP) is 0.827. The van der Waals surface area contributed by atoms with Gasteiger partial charge in [0.2, 0.25) is 12.3 Å². The number of aliphatic carboxylic acids is 1. The summed E-state index contributed by atoms with van der Waals surface area (Å²) in [6.07, 6.45) is 0.373. The summed E-state index contributed by atoms with van der Waals surface area (Å²) in [5, 5.41) is 15.8. The number of halogens is 3. The van der Waals surface area contributed by atoms with Gasteiger partial charge in [0.15, 0.2) is 5.82 Å². The van der Waals surface area contributed by atoms with Crippen LogP contribution in [-0.2, 0) is 21.4 Å². The molecule has 13 heteroatoms. The Morgan fingerprint density at radius 2 is 1.87 bits per heavy atom. The molecule has 2 N–H and O–H groups in total. The fourth-order valence-electron chi connectivity index (χ4n) is 4.03. The first-order valence-corrected chi connectivity index (χ1v) is 12.0. The van der Waals surface area contributed by atoms with Gasteiger partial charge in [0, 0.05) is 32.4 Å². The number of amides is 2. The molecule has 0 aliphatic carbocycles. The minimum absolute atomic E-state index is 0. The van der Waals surface area contributed by atoms with Gasteiger partial charge in [0.05, 0.1) is 24.5 Å². The Morgan fingerprint density at radius 1 is 1.26 bits per heavy atom. The van der Waals surface area contributed by atoms with Crippen molar-refractivity contribution in [1.82, 2.24) is 20.0 Å². The average Bonchev–Trinajstić information content (AvgIpc) is 3.15. The second kappa shape index (κ2) is 18.3. The van der Waals surface area contributed by atoms with Crippen molar-refractivity contribution in [2.75, 3.05) is 38.1 Å². The molecule has 38 heavy (non-hydrogen) atoms. The zero-order valence-corrected chi connectivity index (χ0v) is 29.9. The molecule has 210 valence electrons. The second-order valence-corrected chi connectivity index (χ2v) is 7.77. The fourth-order valence-corrected chi connectivity index (χ4v) is 4.03. The standard InChI is InChI=1S/C20H24F3N5O4.2C2H6.CH3.Cs/c1-24-17(30)4-6-28(11-29)19-13-7-15(21)12(8-16(13)26(2)25-19)14-3-5-27(9-18(31)32)10-20(14,22)23;2*1-2;;/h7-8,11,14H,3-6,9-10H2,1-2H3,(H,24,30)(H,31,32);2*1-2H3;1H3;/q;;;-1;+1. The van der Waals surface area contributed by atoms with Crippen molar-refractivity contribution in [2.45, 2.75) is 52.4 Å². The number of alkyl halides is 2. The van der Waals surface area contributed by atoms with Gasteiger partial charge < -0.3 is 17.8 Å². The van der Waals surface area contributed by atoms with E-state index >= 15 is 4.39 Å². The number of carbonyl (C=O) groups is 3. The molecule has 1 aliphatic heterocycles. The number of aryl methyl sites for hydroxylation is 1. The van der Waals surface area contributed by atoms with Gasteiger partial charge in [-0.2, -0.15) is 5.10 Å². The molecule has 1 aliphatic rings. The van der Waals surface area contributed by atoms with Gasteiger partial charge in [0.25, 0.3) is 5.92 Å². The molecule has 0 spiro atoms. The van der Waals surface area contributed by atoms with E-state index < -0.39 is 36.7 Å². The maximum absolute atomic E-state index is 15.0. The van der Waals surface area contributed by atoms with Gasteiger partial charge in [-0.05, 0) is 30.7 Å². The SMILES string of the molecule is CC.CC.CNC(=O)CCN(C=O)c1nn(C)c2cc(C3CCN(CC(=O)O)CC3(F)F)c(F)cc12.[CH3-].[Cs+].